The maximum atomic E-state index is 12.0. The van der Waals surface area contributed by atoms with Crippen LogP contribution in [-0.2, 0) is 4.79 Å². The van der Waals surface area contributed by atoms with E-state index in [1.54, 1.807) is 6.07 Å². The Kier molecular flexibility index (Phi) is 6.48. The zero-order chi connectivity index (χ0) is 20.1. The van der Waals surface area contributed by atoms with Gasteiger partial charge < -0.3 is 9.73 Å². The predicted molar refractivity (Wildman–Crippen MR) is 111 cm³/mol. The Morgan fingerprint density at radius 3 is 2.54 bits per heavy atom. The minimum atomic E-state index is -0.588. The van der Waals surface area contributed by atoms with Crippen LogP contribution >= 0.6 is 27.7 Å². The van der Waals surface area contributed by atoms with Gasteiger partial charge in [-0.1, -0.05) is 33.8 Å². The summed E-state index contributed by atoms with van der Waals surface area (Å²) in [5.74, 6) is -0.125. The molecule has 2 N–H and O–H groups in total. The second kappa shape index (κ2) is 9.03. The van der Waals surface area contributed by atoms with Crippen molar-refractivity contribution < 1.29 is 14.0 Å². The van der Waals surface area contributed by atoms with Crippen molar-refractivity contribution in [2.45, 2.75) is 19.1 Å². The largest absolute Gasteiger partial charge is 0.411 e. The van der Waals surface area contributed by atoms with Gasteiger partial charge >= 0.3 is 6.03 Å². The number of nitrogens with one attached hydrogen (secondary N) is 2. The van der Waals surface area contributed by atoms with E-state index in [0.29, 0.717) is 11.6 Å². The summed E-state index contributed by atoms with van der Waals surface area (Å²) in [5.41, 5.74) is 3.58. The number of aryl methyl sites for hydroxylation is 2. The maximum Gasteiger partial charge on any atom is 0.325 e. The van der Waals surface area contributed by atoms with Gasteiger partial charge in [0.25, 0.3) is 5.22 Å². The number of thioether (sulfide) groups is 1. The van der Waals surface area contributed by atoms with E-state index in [4.69, 9.17) is 4.42 Å². The number of halogens is 1. The van der Waals surface area contributed by atoms with E-state index < -0.39 is 11.9 Å². The molecule has 3 amide bonds. The number of aromatic nitrogens is 2. The first-order chi connectivity index (χ1) is 13.4. The van der Waals surface area contributed by atoms with E-state index in [2.05, 4.69) is 36.8 Å². The minimum Gasteiger partial charge on any atom is -0.411 e. The normalized spacial score (nSPS) is 10.5. The van der Waals surface area contributed by atoms with E-state index >= 15 is 0 Å². The zero-order valence-corrected chi connectivity index (χ0v) is 17.6. The van der Waals surface area contributed by atoms with Crippen LogP contribution in [0.2, 0.25) is 0 Å². The molecule has 0 fully saturated rings. The molecule has 0 aliphatic carbocycles. The van der Waals surface area contributed by atoms with Gasteiger partial charge in [-0.15, -0.1) is 10.2 Å². The molecule has 0 bridgehead atoms. The summed E-state index contributed by atoms with van der Waals surface area (Å²) < 4.78 is 6.48. The van der Waals surface area contributed by atoms with Crippen LogP contribution in [0.4, 0.5) is 10.5 Å². The fourth-order valence-electron chi connectivity index (χ4n) is 2.25. The van der Waals surface area contributed by atoms with Crippen molar-refractivity contribution in [1.29, 1.82) is 0 Å². The van der Waals surface area contributed by atoms with Crippen molar-refractivity contribution in [1.82, 2.24) is 15.5 Å². The number of carbonyl (C=O) groups is 2. The lowest BCUT2D eigenvalue weighted by atomic mass is 10.1. The Balaban J connectivity index is 1.49. The summed E-state index contributed by atoms with van der Waals surface area (Å²) >= 11 is 4.42. The van der Waals surface area contributed by atoms with Crippen molar-refractivity contribution in [3.63, 3.8) is 0 Å². The van der Waals surface area contributed by atoms with E-state index in [1.165, 1.54) is 0 Å². The quantitative estimate of drug-likeness (QED) is 0.541. The molecule has 0 aliphatic rings. The molecule has 0 unspecified atom stereocenters. The number of hydrogen-bond donors (Lipinski definition) is 2. The number of nitrogens with zero attached hydrogens (tertiary/aromatic N) is 2. The van der Waals surface area contributed by atoms with Crippen molar-refractivity contribution in [3.05, 3.63) is 58.1 Å². The van der Waals surface area contributed by atoms with Gasteiger partial charge in [-0.25, -0.2) is 4.79 Å². The summed E-state index contributed by atoms with van der Waals surface area (Å²) in [4.78, 5) is 23.9. The van der Waals surface area contributed by atoms with Crippen molar-refractivity contribution in [2.75, 3.05) is 11.1 Å². The lowest BCUT2D eigenvalue weighted by Gasteiger charge is -2.08. The Morgan fingerprint density at radius 2 is 1.82 bits per heavy atom. The van der Waals surface area contributed by atoms with Gasteiger partial charge in [0.1, 0.15) is 0 Å². The molecule has 3 rings (SSSR count). The third-order valence-electron chi connectivity index (χ3n) is 3.84. The molecule has 0 saturated heterocycles. The Labute approximate surface area is 174 Å². The first-order valence-corrected chi connectivity index (χ1v) is 10.1. The Bertz CT molecular complexity index is 1000. The molecular weight excluding hydrogens is 444 g/mol. The molecule has 144 valence electrons. The minimum absolute atomic E-state index is 0.0255. The van der Waals surface area contributed by atoms with Gasteiger partial charge in [0.15, 0.2) is 0 Å². The summed E-state index contributed by atoms with van der Waals surface area (Å²) in [6.45, 7) is 3.94. The van der Waals surface area contributed by atoms with Crippen molar-refractivity contribution in [2.24, 2.45) is 0 Å². The fourth-order valence-corrected chi connectivity index (χ4v) is 3.08. The molecule has 3 aromatic rings. The molecule has 7 nitrogen and oxygen atoms in total. The predicted octanol–water partition coefficient (Wildman–Crippen LogP) is 4.56. The van der Waals surface area contributed by atoms with Crippen LogP contribution in [0, 0.1) is 13.8 Å². The van der Waals surface area contributed by atoms with Gasteiger partial charge in [-0.3, -0.25) is 10.1 Å². The second-order valence-electron chi connectivity index (χ2n) is 5.97. The highest BCUT2D eigenvalue weighted by molar-refractivity contribution is 9.10. The number of amides is 3. The van der Waals surface area contributed by atoms with Gasteiger partial charge in [0.05, 0.1) is 5.75 Å². The van der Waals surface area contributed by atoms with Crippen LogP contribution in [0.25, 0.3) is 11.5 Å². The summed E-state index contributed by atoms with van der Waals surface area (Å²) in [6.07, 6.45) is 0. The third-order valence-corrected chi connectivity index (χ3v) is 5.19. The monoisotopic (exact) mass is 460 g/mol. The zero-order valence-electron chi connectivity index (χ0n) is 15.2. The molecule has 1 aromatic heterocycles. The molecule has 1 heterocycles. The van der Waals surface area contributed by atoms with Crippen LogP contribution in [0.5, 0.6) is 0 Å². The molecule has 0 radical (unpaired) electrons. The number of hydrogen-bond acceptors (Lipinski definition) is 6. The number of carbonyl (C=O) groups excluding carboxylic acids is 2. The smallest absolute Gasteiger partial charge is 0.325 e. The average Bonchev–Trinajstić information content (AvgIpc) is 3.12. The number of rotatable bonds is 5. The van der Waals surface area contributed by atoms with Crippen molar-refractivity contribution in [3.8, 4) is 11.5 Å². The summed E-state index contributed by atoms with van der Waals surface area (Å²) in [7, 11) is 0. The number of urea groups is 1. The second-order valence-corrected chi connectivity index (χ2v) is 7.81. The van der Waals surface area contributed by atoms with Crippen LogP contribution in [0.3, 0.4) is 0 Å². The molecule has 0 saturated carbocycles. The highest BCUT2D eigenvalue weighted by atomic mass is 79.9. The molecule has 28 heavy (non-hydrogen) atoms. The number of benzene rings is 2. The molecule has 2 aromatic carbocycles. The maximum absolute atomic E-state index is 12.0. The van der Waals surface area contributed by atoms with Crippen molar-refractivity contribution >= 4 is 45.3 Å². The highest BCUT2D eigenvalue weighted by Crippen LogP contribution is 2.24. The van der Waals surface area contributed by atoms with Crippen LogP contribution < -0.4 is 10.6 Å². The SMILES string of the molecule is Cc1ccc(NC(=O)NC(=O)CSc2nnc(-c3ccc(Br)cc3)o2)cc1C. The lowest BCUT2D eigenvalue weighted by Crippen LogP contribution is -2.35. The van der Waals surface area contributed by atoms with Gasteiger partial charge in [0, 0.05) is 15.7 Å². The summed E-state index contributed by atoms with van der Waals surface area (Å²) in [6, 6.07) is 12.4. The highest BCUT2D eigenvalue weighted by Gasteiger charge is 2.13. The first-order valence-electron chi connectivity index (χ1n) is 8.31. The summed E-state index contributed by atoms with van der Waals surface area (Å²) in [5, 5.41) is 13.0. The van der Waals surface area contributed by atoms with E-state index in [0.717, 1.165) is 32.9 Å². The van der Waals surface area contributed by atoms with Gasteiger partial charge in [-0.05, 0) is 61.4 Å². The van der Waals surface area contributed by atoms with E-state index in [-0.39, 0.29) is 11.0 Å². The molecule has 0 spiro atoms. The molecule has 0 atom stereocenters. The van der Waals surface area contributed by atoms with Crippen LogP contribution in [0.1, 0.15) is 11.1 Å². The van der Waals surface area contributed by atoms with Crippen LogP contribution in [-0.4, -0.2) is 27.9 Å². The molecule has 0 aliphatic heterocycles. The number of imide groups is 1. The van der Waals surface area contributed by atoms with E-state index in [9.17, 15) is 9.59 Å². The average molecular weight is 461 g/mol. The topological polar surface area (TPSA) is 97.1 Å². The van der Waals surface area contributed by atoms with Gasteiger partial charge in [0.2, 0.25) is 11.8 Å². The fraction of sp³-hybridized carbons (Fsp3) is 0.158. The third kappa shape index (κ3) is 5.43. The van der Waals surface area contributed by atoms with Gasteiger partial charge in [-0.2, -0.15) is 0 Å². The Morgan fingerprint density at radius 1 is 1.07 bits per heavy atom. The Hall–Kier alpha value is -2.65. The standard InChI is InChI=1S/C19H17BrN4O3S/c1-11-3-8-15(9-12(11)2)21-18(26)22-16(25)10-28-19-24-23-17(27-19)13-4-6-14(20)7-5-13/h3-9H,10H2,1-2H3,(H2,21,22,25,26). The van der Waals surface area contributed by atoms with Crippen LogP contribution in [0.15, 0.2) is 56.6 Å². The first kappa shape index (κ1) is 20.1. The number of anilines is 1. The lowest BCUT2D eigenvalue weighted by molar-refractivity contribution is -0.117. The van der Waals surface area contributed by atoms with E-state index in [1.807, 2.05) is 50.2 Å². The molecular formula is C19H17BrN4O3S. The molecule has 9 heteroatoms.